The van der Waals surface area contributed by atoms with Gasteiger partial charge in [0.1, 0.15) is 5.54 Å². The van der Waals surface area contributed by atoms with Crippen LogP contribution in [0.3, 0.4) is 0 Å². The molecule has 1 saturated heterocycles. The molecule has 4 heteroatoms. The van der Waals surface area contributed by atoms with E-state index in [4.69, 9.17) is 5.73 Å². The molecule has 0 saturated carbocycles. The smallest absolute Gasteiger partial charge is 0.237 e. The monoisotopic (exact) mass is 215 g/mol. The second-order valence-corrected chi connectivity index (χ2v) is 3.78. The molecule has 0 aromatic carbocycles. The fourth-order valence-corrected chi connectivity index (χ4v) is 1.85. The van der Waals surface area contributed by atoms with Gasteiger partial charge in [-0.25, -0.2) is 0 Å². The number of rotatable bonds is 3. The molecule has 1 aliphatic rings. The Bertz CT molecular complexity index is 186. The van der Waals surface area contributed by atoms with Gasteiger partial charge >= 0.3 is 0 Å². The lowest BCUT2D eigenvalue weighted by atomic mass is 9.87. The average molecular weight is 215 g/mol. The summed E-state index contributed by atoms with van der Waals surface area (Å²) in [5, 5.41) is 3.22. The Morgan fingerprint density at radius 2 is 1.87 bits per heavy atom. The highest BCUT2D eigenvalue weighted by molar-refractivity contribution is 5.84. The molecule has 90 valence electrons. The van der Waals surface area contributed by atoms with Crippen molar-refractivity contribution in [2.45, 2.75) is 39.2 Å². The molecule has 0 radical (unpaired) electrons. The molecule has 1 amide bonds. The van der Waals surface area contributed by atoms with Crippen LogP contribution in [-0.4, -0.2) is 43.0 Å². The van der Waals surface area contributed by atoms with Crippen LogP contribution < -0.4 is 11.1 Å². The molecule has 1 rings (SSSR count). The van der Waals surface area contributed by atoms with E-state index in [0.29, 0.717) is 0 Å². The van der Waals surface area contributed by atoms with Crippen LogP contribution in [0.1, 0.15) is 33.6 Å². The summed E-state index contributed by atoms with van der Waals surface area (Å²) < 4.78 is 0. The SMILES string of the molecule is CC.CCNC1(C(N)=O)CCN(C)CC1. The number of carbonyl (C=O) groups is 1. The molecule has 0 aromatic rings. The van der Waals surface area contributed by atoms with Gasteiger partial charge in [-0.2, -0.15) is 0 Å². The van der Waals surface area contributed by atoms with E-state index in [1.807, 2.05) is 20.8 Å². The molecule has 0 atom stereocenters. The van der Waals surface area contributed by atoms with Gasteiger partial charge in [0.05, 0.1) is 0 Å². The summed E-state index contributed by atoms with van der Waals surface area (Å²) in [4.78, 5) is 13.5. The lowest BCUT2D eigenvalue weighted by Crippen LogP contribution is -2.60. The summed E-state index contributed by atoms with van der Waals surface area (Å²) in [5.74, 6) is -0.206. The van der Waals surface area contributed by atoms with Gasteiger partial charge < -0.3 is 16.0 Å². The van der Waals surface area contributed by atoms with E-state index < -0.39 is 5.54 Å². The molecule has 0 aromatic heterocycles. The second-order valence-electron chi connectivity index (χ2n) is 3.78. The van der Waals surface area contributed by atoms with Crippen molar-refractivity contribution in [3.05, 3.63) is 0 Å². The fraction of sp³-hybridized carbons (Fsp3) is 0.909. The topological polar surface area (TPSA) is 58.4 Å². The van der Waals surface area contributed by atoms with Gasteiger partial charge in [0.2, 0.25) is 5.91 Å². The number of nitrogens with zero attached hydrogens (tertiary/aromatic N) is 1. The van der Waals surface area contributed by atoms with Crippen molar-refractivity contribution in [2.24, 2.45) is 5.73 Å². The summed E-state index contributed by atoms with van der Waals surface area (Å²) in [7, 11) is 2.07. The minimum atomic E-state index is -0.443. The molecule has 0 unspecified atom stereocenters. The predicted molar refractivity (Wildman–Crippen MR) is 63.7 cm³/mol. The van der Waals surface area contributed by atoms with Crippen LogP contribution in [0.2, 0.25) is 0 Å². The van der Waals surface area contributed by atoms with Crippen molar-refractivity contribution in [1.29, 1.82) is 0 Å². The van der Waals surface area contributed by atoms with Crippen molar-refractivity contribution in [1.82, 2.24) is 10.2 Å². The van der Waals surface area contributed by atoms with Crippen LogP contribution in [0.25, 0.3) is 0 Å². The van der Waals surface area contributed by atoms with Crippen molar-refractivity contribution < 1.29 is 4.79 Å². The number of hydrogen-bond donors (Lipinski definition) is 2. The van der Waals surface area contributed by atoms with Crippen LogP contribution in [-0.2, 0) is 4.79 Å². The van der Waals surface area contributed by atoms with Crippen LogP contribution in [0, 0.1) is 0 Å². The number of piperidine rings is 1. The van der Waals surface area contributed by atoms with Crippen molar-refractivity contribution in [3.8, 4) is 0 Å². The third-order valence-electron chi connectivity index (χ3n) is 2.83. The zero-order valence-corrected chi connectivity index (χ0v) is 10.5. The third-order valence-corrected chi connectivity index (χ3v) is 2.83. The molecule has 1 heterocycles. The lowest BCUT2D eigenvalue weighted by Gasteiger charge is -2.38. The Morgan fingerprint density at radius 1 is 1.40 bits per heavy atom. The molecular formula is C11H25N3O. The molecule has 1 fully saturated rings. The van der Waals surface area contributed by atoms with E-state index in [1.165, 1.54) is 0 Å². The number of likely N-dealkylation sites (N-methyl/N-ethyl adjacent to an activating group) is 1. The van der Waals surface area contributed by atoms with Crippen molar-refractivity contribution >= 4 is 5.91 Å². The first-order valence-corrected chi connectivity index (χ1v) is 5.84. The first-order valence-electron chi connectivity index (χ1n) is 5.84. The van der Waals surface area contributed by atoms with Gasteiger partial charge in [-0.3, -0.25) is 4.79 Å². The number of likely N-dealkylation sites (tertiary alicyclic amines) is 1. The van der Waals surface area contributed by atoms with Crippen molar-refractivity contribution in [2.75, 3.05) is 26.7 Å². The second kappa shape index (κ2) is 6.80. The van der Waals surface area contributed by atoms with Crippen LogP contribution in [0.4, 0.5) is 0 Å². The summed E-state index contributed by atoms with van der Waals surface area (Å²) in [6.07, 6.45) is 1.65. The Balaban J connectivity index is 0.000000921. The number of nitrogens with two attached hydrogens (primary N) is 1. The third kappa shape index (κ3) is 3.80. The Kier molecular flexibility index (Phi) is 6.52. The summed E-state index contributed by atoms with van der Waals surface area (Å²) >= 11 is 0. The van der Waals surface area contributed by atoms with E-state index in [2.05, 4.69) is 17.3 Å². The van der Waals surface area contributed by atoms with Gasteiger partial charge in [-0.15, -0.1) is 0 Å². The van der Waals surface area contributed by atoms with Gasteiger partial charge in [0.25, 0.3) is 0 Å². The highest BCUT2D eigenvalue weighted by Crippen LogP contribution is 2.20. The fourth-order valence-electron chi connectivity index (χ4n) is 1.85. The average Bonchev–Trinajstić information content (AvgIpc) is 2.25. The first kappa shape index (κ1) is 14.4. The normalized spacial score (nSPS) is 20.3. The Labute approximate surface area is 93.2 Å². The quantitative estimate of drug-likeness (QED) is 0.723. The minimum Gasteiger partial charge on any atom is -0.368 e. The van der Waals surface area contributed by atoms with Gasteiger partial charge in [0, 0.05) is 13.1 Å². The highest BCUT2D eigenvalue weighted by atomic mass is 16.1. The standard InChI is InChI=1S/C9H19N3O.C2H6/c1-3-11-9(8(10)13)4-6-12(2)7-5-9;1-2/h11H,3-7H2,1-2H3,(H2,10,13);1-2H3. The maximum atomic E-state index is 11.3. The Morgan fingerprint density at radius 3 is 2.20 bits per heavy atom. The van der Waals surface area contributed by atoms with E-state index >= 15 is 0 Å². The highest BCUT2D eigenvalue weighted by Gasteiger charge is 2.37. The zero-order chi connectivity index (χ0) is 11.9. The molecule has 0 aliphatic carbocycles. The Hall–Kier alpha value is -0.610. The van der Waals surface area contributed by atoms with Gasteiger partial charge in [0.15, 0.2) is 0 Å². The number of amides is 1. The number of hydrogen-bond acceptors (Lipinski definition) is 3. The summed E-state index contributed by atoms with van der Waals surface area (Å²) in [5.41, 5.74) is 4.97. The molecular weight excluding hydrogens is 190 g/mol. The van der Waals surface area contributed by atoms with Crippen molar-refractivity contribution in [3.63, 3.8) is 0 Å². The van der Waals surface area contributed by atoms with E-state index in [0.717, 1.165) is 32.5 Å². The molecule has 3 N–H and O–H groups in total. The largest absolute Gasteiger partial charge is 0.368 e. The molecule has 1 aliphatic heterocycles. The van der Waals surface area contributed by atoms with Crippen LogP contribution in [0.15, 0.2) is 0 Å². The van der Waals surface area contributed by atoms with E-state index in [1.54, 1.807) is 0 Å². The zero-order valence-electron chi connectivity index (χ0n) is 10.5. The van der Waals surface area contributed by atoms with E-state index in [-0.39, 0.29) is 5.91 Å². The van der Waals surface area contributed by atoms with Crippen LogP contribution >= 0.6 is 0 Å². The lowest BCUT2D eigenvalue weighted by molar-refractivity contribution is -0.126. The molecule has 4 nitrogen and oxygen atoms in total. The molecule has 0 bridgehead atoms. The maximum absolute atomic E-state index is 11.3. The number of carbonyl (C=O) groups excluding carboxylic acids is 1. The predicted octanol–water partition coefficient (Wildman–Crippen LogP) is 0.572. The number of primary amides is 1. The maximum Gasteiger partial charge on any atom is 0.237 e. The number of nitrogens with one attached hydrogen (secondary N) is 1. The van der Waals surface area contributed by atoms with Gasteiger partial charge in [-0.1, -0.05) is 20.8 Å². The summed E-state index contributed by atoms with van der Waals surface area (Å²) in [6, 6.07) is 0. The summed E-state index contributed by atoms with van der Waals surface area (Å²) in [6.45, 7) is 8.68. The van der Waals surface area contributed by atoms with E-state index in [9.17, 15) is 4.79 Å². The molecule has 15 heavy (non-hydrogen) atoms. The minimum absolute atomic E-state index is 0.206. The molecule has 0 spiro atoms. The van der Waals surface area contributed by atoms with Crippen LogP contribution in [0.5, 0.6) is 0 Å². The van der Waals surface area contributed by atoms with Gasteiger partial charge in [-0.05, 0) is 26.4 Å². The first-order chi connectivity index (χ1) is 7.10.